The number of nitrogens with zero attached hydrogens (tertiary/aromatic N) is 3. The van der Waals surface area contributed by atoms with E-state index >= 15 is 0 Å². The highest BCUT2D eigenvalue weighted by Crippen LogP contribution is 2.55. The first-order chi connectivity index (χ1) is 19.7. The topological polar surface area (TPSA) is 188 Å². The van der Waals surface area contributed by atoms with Gasteiger partial charge in [-0.1, -0.05) is 18.2 Å². The van der Waals surface area contributed by atoms with E-state index in [0.29, 0.717) is 15.5 Å². The van der Waals surface area contributed by atoms with Gasteiger partial charge in [-0.15, -0.1) is 13.9 Å². The molecule has 0 bridgehead atoms. The average molecular weight is 597 g/mol. The van der Waals surface area contributed by atoms with Gasteiger partial charge in [0.25, 0.3) is 0 Å². The molecular formula is C24H33N6O10P. The van der Waals surface area contributed by atoms with Gasteiger partial charge in [-0.05, 0) is 36.4 Å². The number of methoxy groups -OCH3 is 6. The van der Waals surface area contributed by atoms with Crippen molar-refractivity contribution in [3.63, 3.8) is 0 Å². The molecule has 0 aromatic heterocycles. The molecule has 0 aliphatic rings. The summed E-state index contributed by atoms with van der Waals surface area (Å²) in [5.41, 5.74) is 0.0884. The lowest BCUT2D eigenvalue weighted by Gasteiger charge is -2.31. The third-order valence-electron chi connectivity index (χ3n) is 5.43. The van der Waals surface area contributed by atoms with E-state index in [1.54, 1.807) is 54.6 Å². The highest BCUT2D eigenvalue weighted by atomic mass is 31.2. The van der Waals surface area contributed by atoms with E-state index in [4.69, 9.17) is 59.8 Å². The fourth-order valence-corrected chi connectivity index (χ4v) is 4.62. The molecule has 224 valence electrons. The maximum Gasteiger partial charge on any atom is 0.543 e. The Kier molecular flexibility index (Phi) is 10.7. The molecule has 0 fully saturated rings. The van der Waals surface area contributed by atoms with Crippen LogP contribution in [0.4, 0.5) is 17.1 Å². The molecule has 0 spiro atoms. The second kappa shape index (κ2) is 14.0. The molecule has 6 N–H and O–H groups in total. The Hall–Kier alpha value is -4.15. The lowest BCUT2D eigenvalue weighted by molar-refractivity contribution is 0.0838. The number of para-hydroxylation sites is 3. The van der Waals surface area contributed by atoms with E-state index in [1.807, 2.05) is 0 Å². The molecule has 0 saturated heterocycles. The summed E-state index contributed by atoms with van der Waals surface area (Å²) < 4.78 is 63.1. The van der Waals surface area contributed by atoms with Crippen molar-refractivity contribution in [3.8, 4) is 34.5 Å². The summed E-state index contributed by atoms with van der Waals surface area (Å²) in [6, 6.07) is 14.3. The van der Waals surface area contributed by atoms with Crippen LogP contribution in [-0.4, -0.2) is 42.7 Å². The zero-order valence-corrected chi connectivity index (χ0v) is 24.2. The van der Waals surface area contributed by atoms with Gasteiger partial charge < -0.3 is 28.4 Å². The number of nitrogens with two attached hydrogens (primary N) is 3. The minimum Gasteiger partial charge on any atom is -0.494 e. The van der Waals surface area contributed by atoms with Crippen LogP contribution in [0.1, 0.15) is 0 Å². The van der Waals surface area contributed by atoms with Gasteiger partial charge >= 0.3 is 7.82 Å². The highest BCUT2D eigenvalue weighted by molar-refractivity contribution is 7.48. The third-order valence-corrected chi connectivity index (χ3v) is 6.56. The second-order valence-corrected chi connectivity index (χ2v) is 9.09. The molecule has 0 amide bonds. The SMILES string of the molecule is COc1cccc(OC)c1N(N)OP(=O)(ON(N)c1c(OC)cccc1OC)ON(N)c1c(OC)cccc1OC. The first kappa shape index (κ1) is 31.4. The van der Waals surface area contributed by atoms with Crippen molar-refractivity contribution >= 4 is 24.9 Å². The zero-order chi connectivity index (χ0) is 30.2. The summed E-state index contributed by atoms with van der Waals surface area (Å²) in [5, 5.41) is 1.71. The van der Waals surface area contributed by atoms with Crippen LogP contribution in [0.2, 0.25) is 0 Å². The normalized spacial score (nSPS) is 11.0. The Morgan fingerprint density at radius 1 is 0.463 bits per heavy atom. The van der Waals surface area contributed by atoms with Crippen molar-refractivity contribution in [2.24, 2.45) is 17.5 Å². The molecule has 3 aromatic carbocycles. The number of anilines is 3. The molecule has 0 unspecified atom stereocenters. The standard InChI is InChI=1S/C24H33N6O10P/c1-32-16-10-7-11-17(33-2)22(16)28(25)38-41(31,39-29(26)23-18(34-3)12-8-13-19(23)35-4)40-30(27)24-20(36-5)14-9-15-21(24)37-6/h7-15H,25-27H2,1-6H3. The highest BCUT2D eigenvalue weighted by Gasteiger charge is 2.40. The van der Waals surface area contributed by atoms with Crippen molar-refractivity contribution in [2.75, 3.05) is 58.2 Å². The van der Waals surface area contributed by atoms with Crippen LogP contribution in [0.5, 0.6) is 34.5 Å². The van der Waals surface area contributed by atoms with Crippen LogP contribution in [-0.2, 0) is 18.4 Å². The molecule has 3 aromatic rings. The first-order valence-corrected chi connectivity index (χ1v) is 13.1. The molecule has 41 heavy (non-hydrogen) atoms. The maximum absolute atomic E-state index is 14.3. The molecule has 0 aliphatic heterocycles. The number of benzene rings is 3. The van der Waals surface area contributed by atoms with Gasteiger partial charge in [-0.25, -0.2) is 22.1 Å². The Morgan fingerprint density at radius 3 is 0.829 bits per heavy atom. The molecular weight excluding hydrogens is 563 g/mol. The predicted octanol–water partition coefficient (Wildman–Crippen LogP) is 3.08. The van der Waals surface area contributed by atoms with Gasteiger partial charge in [0.15, 0.2) is 17.1 Å². The number of ether oxygens (including phenoxy) is 6. The minimum atomic E-state index is -5.00. The second-order valence-electron chi connectivity index (χ2n) is 7.70. The van der Waals surface area contributed by atoms with Crippen molar-refractivity contribution in [1.82, 2.24) is 0 Å². The van der Waals surface area contributed by atoms with Gasteiger partial charge in [0.05, 0.1) is 42.7 Å². The number of rotatable bonds is 15. The van der Waals surface area contributed by atoms with E-state index in [2.05, 4.69) is 0 Å². The van der Waals surface area contributed by atoms with E-state index < -0.39 is 7.82 Å². The molecule has 3 rings (SSSR count). The average Bonchev–Trinajstić information content (AvgIpc) is 2.98. The molecule has 16 nitrogen and oxygen atoms in total. The summed E-state index contributed by atoms with van der Waals surface area (Å²) in [4.78, 5) is 0. The van der Waals surface area contributed by atoms with Crippen molar-refractivity contribution < 1.29 is 46.9 Å². The third kappa shape index (κ3) is 6.96. The largest absolute Gasteiger partial charge is 0.543 e. The Labute approximate surface area is 236 Å². The number of phosphoric acid groups is 1. The first-order valence-electron chi connectivity index (χ1n) is 11.6. The van der Waals surface area contributed by atoms with Gasteiger partial charge in [0, 0.05) is 0 Å². The van der Waals surface area contributed by atoms with E-state index in [1.165, 1.54) is 42.7 Å². The van der Waals surface area contributed by atoms with Crippen LogP contribution in [0.15, 0.2) is 54.6 Å². The maximum atomic E-state index is 14.3. The van der Waals surface area contributed by atoms with E-state index in [9.17, 15) is 4.57 Å². The Bertz CT molecular complexity index is 1140. The predicted molar refractivity (Wildman–Crippen MR) is 149 cm³/mol. The lowest BCUT2D eigenvalue weighted by atomic mass is 10.2. The van der Waals surface area contributed by atoms with Gasteiger partial charge in [0.1, 0.15) is 34.5 Å². The molecule has 0 saturated carbocycles. The van der Waals surface area contributed by atoms with E-state index in [-0.39, 0.29) is 51.6 Å². The van der Waals surface area contributed by atoms with Crippen LogP contribution in [0.25, 0.3) is 0 Å². The fourth-order valence-electron chi connectivity index (χ4n) is 3.64. The monoisotopic (exact) mass is 596 g/mol. The summed E-state index contributed by atoms with van der Waals surface area (Å²) in [6.45, 7) is 0. The lowest BCUT2D eigenvalue weighted by Crippen LogP contribution is -2.39. The Balaban J connectivity index is 2.09. The molecule has 0 radical (unpaired) electrons. The Morgan fingerprint density at radius 2 is 0.659 bits per heavy atom. The van der Waals surface area contributed by atoms with Crippen LogP contribution in [0, 0.1) is 0 Å². The quantitative estimate of drug-likeness (QED) is 0.132. The van der Waals surface area contributed by atoms with Crippen LogP contribution in [0.3, 0.4) is 0 Å². The summed E-state index contributed by atoms with van der Waals surface area (Å²) in [7, 11) is 3.36. The summed E-state index contributed by atoms with van der Waals surface area (Å²) >= 11 is 0. The molecule has 0 aliphatic carbocycles. The number of hydrogen-bond donors (Lipinski definition) is 3. The zero-order valence-electron chi connectivity index (χ0n) is 23.3. The van der Waals surface area contributed by atoms with Crippen molar-refractivity contribution in [3.05, 3.63) is 54.6 Å². The van der Waals surface area contributed by atoms with Crippen LogP contribution < -0.4 is 61.5 Å². The van der Waals surface area contributed by atoms with Gasteiger partial charge in [-0.2, -0.15) is 15.5 Å². The minimum absolute atomic E-state index is 0.0295. The molecule has 17 heteroatoms. The fraction of sp³-hybridized carbons (Fsp3) is 0.250. The van der Waals surface area contributed by atoms with E-state index in [0.717, 1.165) is 0 Å². The number of hydrogen-bond acceptors (Lipinski definition) is 16. The van der Waals surface area contributed by atoms with Crippen molar-refractivity contribution in [1.29, 1.82) is 0 Å². The summed E-state index contributed by atoms with van der Waals surface area (Å²) in [5.74, 6) is 19.8. The molecule has 0 atom stereocenters. The van der Waals surface area contributed by atoms with Gasteiger partial charge in [0.2, 0.25) is 0 Å². The van der Waals surface area contributed by atoms with Crippen molar-refractivity contribution in [2.45, 2.75) is 0 Å². The van der Waals surface area contributed by atoms with Gasteiger partial charge in [-0.3, -0.25) is 0 Å². The number of hydrazine groups is 3. The molecule has 0 heterocycles. The summed E-state index contributed by atoms with van der Waals surface area (Å²) in [6.07, 6.45) is 0. The smallest absolute Gasteiger partial charge is 0.494 e. The van der Waals surface area contributed by atoms with Crippen LogP contribution >= 0.6 is 7.82 Å².